The van der Waals surface area contributed by atoms with E-state index in [4.69, 9.17) is 27.9 Å². The van der Waals surface area contributed by atoms with E-state index < -0.39 is 11.2 Å². The van der Waals surface area contributed by atoms with Crippen LogP contribution in [0.3, 0.4) is 0 Å². The van der Waals surface area contributed by atoms with E-state index in [0.29, 0.717) is 22.3 Å². The lowest BCUT2D eigenvalue weighted by Crippen LogP contribution is -2.51. The van der Waals surface area contributed by atoms with Gasteiger partial charge in [-0.15, -0.1) is 23.2 Å². The molecule has 4 rings (SSSR count). The molecule has 2 unspecified atom stereocenters. The van der Waals surface area contributed by atoms with Crippen LogP contribution in [0, 0.1) is 0 Å². The number of hydrogen-bond donors (Lipinski definition) is 0. The second-order valence-corrected chi connectivity index (χ2v) is 9.51. The maximum atomic E-state index is 14.4. The topological polar surface area (TPSA) is 43.4 Å². The smallest absolute Gasteiger partial charge is 0.199 e. The van der Waals surface area contributed by atoms with Gasteiger partial charge in [-0.2, -0.15) is 0 Å². The monoisotopic (exact) mass is 530 g/mol. The van der Waals surface area contributed by atoms with E-state index in [2.05, 4.69) is 0 Å². The molecule has 0 amide bonds. The molecule has 4 aromatic carbocycles. The summed E-state index contributed by atoms with van der Waals surface area (Å²) in [6, 6.07) is 36.5. The predicted octanol–water partition coefficient (Wildman–Crippen LogP) is 7.82. The van der Waals surface area contributed by atoms with Crippen molar-refractivity contribution >= 4 is 34.8 Å². The van der Waals surface area contributed by atoms with Gasteiger partial charge in [0.25, 0.3) is 0 Å². The zero-order valence-electron chi connectivity index (χ0n) is 20.4. The number of rotatable bonds is 12. The van der Waals surface area contributed by atoms with E-state index >= 15 is 0 Å². The molecule has 0 radical (unpaired) electrons. The Bertz CT molecular complexity index is 1190. The minimum Gasteiger partial charge on any atom is -0.343 e. The number of ether oxygens (including phenoxy) is 1. The van der Waals surface area contributed by atoms with Gasteiger partial charge in [-0.05, 0) is 11.1 Å². The number of carbonyl (C=O) groups excluding carboxylic acids is 2. The van der Waals surface area contributed by atoms with Gasteiger partial charge in [0.05, 0.1) is 0 Å². The van der Waals surface area contributed by atoms with Crippen LogP contribution >= 0.6 is 23.2 Å². The van der Waals surface area contributed by atoms with Crippen LogP contribution in [0.15, 0.2) is 121 Å². The maximum Gasteiger partial charge on any atom is 0.199 e. The standard InChI is InChI=1S/C32H28Cl2O3/c33-23-21-31(27-17-9-3-10-18-27,29(35)25-13-5-1-6-14-25)37-32(22-24-34,28-19-11-4-12-20-28)30(36)26-15-7-2-8-16-26/h1-20H,21-24H2. The van der Waals surface area contributed by atoms with Crippen molar-refractivity contribution in [3.8, 4) is 0 Å². The van der Waals surface area contributed by atoms with Gasteiger partial charge in [0.2, 0.25) is 0 Å². The van der Waals surface area contributed by atoms with Crippen molar-refractivity contribution in [2.24, 2.45) is 0 Å². The molecule has 0 aliphatic heterocycles. The number of ketones is 2. The molecule has 0 fully saturated rings. The Morgan fingerprint density at radius 1 is 0.514 bits per heavy atom. The van der Waals surface area contributed by atoms with Gasteiger partial charge in [-0.25, -0.2) is 0 Å². The molecule has 0 bridgehead atoms. The Hall–Kier alpha value is -3.24. The molecule has 37 heavy (non-hydrogen) atoms. The summed E-state index contributed by atoms with van der Waals surface area (Å²) in [5.74, 6) is -0.260. The van der Waals surface area contributed by atoms with Gasteiger partial charge in [-0.3, -0.25) is 9.59 Å². The third-order valence-corrected chi connectivity index (χ3v) is 6.91. The van der Waals surface area contributed by atoms with Crippen molar-refractivity contribution in [2.45, 2.75) is 24.0 Å². The summed E-state index contributed by atoms with van der Waals surface area (Å²) >= 11 is 12.7. The number of alkyl halides is 2. The summed E-state index contributed by atoms with van der Waals surface area (Å²) in [6.07, 6.45) is 0.316. The van der Waals surface area contributed by atoms with Gasteiger partial charge < -0.3 is 4.74 Å². The van der Waals surface area contributed by atoms with Crippen LogP contribution in [0.4, 0.5) is 0 Å². The average Bonchev–Trinajstić information content (AvgIpc) is 2.97. The first kappa shape index (κ1) is 26.8. The van der Waals surface area contributed by atoms with Crippen LogP contribution in [0.5, 0.6) is 0 Å². The van der Waals surface area contributed by atoms with Gasteiger partial charge >= 0.3 is 0 Å². The molecule has 3 nitrogen and oxygen atoms in total. The lowest BCUT2D eigenvalue weighted by atomic mass is 9.78. The van der Waals surface area contributed by atoms with E-state index in [0.717, 1.165) is 0 Å². The zero-order chi connectivity index (χ0) is 26.1. The lowest BCUT2D eigenvalue weighted by molar-refractivity contribution is -0.124. The van der Waals surface area contributed by atoms with Crippen LogP contribution < -0.4 is 0 Å². The third kappa shape index (κ3) is 5.55. The second-order valence-electron chi connectivity index (χ2n) is 8.76. The first-order valence-electron chi connectivity index (χ1n) is 12.2. The predicted molar refractivity (Wildman–Crippen MR) is 150 cm³/mol. The molecule has 0 spiro atoms. The Balaban J connectivity index is 2.00. The second kappa shape index (κ2) is 12.3. The highest BCUT2D eigenvalue weighted by Crippen LogP contribution is 2.45. The highest BCUT2D eigenvalue weighted by Gasteiger charge is 2.52. The number of benzene rings is 4. The molecule has 0 saturated carbocycles. The van der Waals surface area contributed by atoms with E-state index in [1.54, 1.807) is 24.3 Å². The first-order chi connectivity index (χ1) is 18.1. The van der Waals surface area contributed by atoms with Crippen molar-refractivity contribution in [3.05, 3.63) is 144 Å². The Morgan fingerprint density at radius 2 is 0.811 bits per heavy atom. The van der Waals surface area contributed by atoms with Gasteiger partial charge in [0.1, 0.15) is 0 Å². The normalized spacial score (nSPS) is 14.3. The summed E-state index contributed by atoms with van der Waals surface area (Å²) in [5, 5.41) is 0. The lowest BCUT2D eigenvalue weighted by Gasteiger charge is -2.43. The molecule has 4 aromatic rings. The molecule has 0 N–H and O–H groups in total. The van der Waals surface area contributed by atoms with Crippen LogP contribution in [0.1, 0.15) is 44.7 Å². The van der Waals surface area contributed by atoms with E-state index in [1.807, 2.05) is 97.1 Å². The molecule has 0 saturated heterocycles. The van der Waals surface area contributed by atoms with Crippen molar-refractivity contribution in [3.63, 3.8) is 0 Å². The highest BCUT2D eigenvalue weighted by molar-refractivity contribution is 6.18. The fourth-order valence-corrected chi connectivity index (χ4v) is 5.25. The Kier molecular flexibility index (Phi) is 8.94. The van der Waals surface area contributed by atoms with Crippen molar-refractivity contribution in [2.75, 3.05) is 11.8 Å². The summed E-state index contributed by atoms with van der Waals surface area (Å²) in [5.41, 5.74) is -0.902. The van der Waals surface area contributed by atoms with Crippen LogP contribution in [0.2, 0.25) is 0 Å². The highest BCUT2D eigenvalue weighted by atomic mass is 35.5. The zero-order valence-corrected chi connectivity index (χ0v) is 21.9. The molecular weight excluding hydrogens is 503 g/mol. The molecule has 0 aliphatic rings. The Labute approximate surface area is 228 Å². The summed E-state index contributed by atoms with van der Waals surface area (Å²) < 4.78 is 7.04. The van der Waals surface area contributed by atoms with E-state index in [9.17, 15) is 9.59 Å². The largest absolute Gasteiger partial charge is 0.343 e. The number of Topliss-reactive ketones (excluding diaryl/α,β-unsaturated/α-hetero) is 2. The van der Waals surface area contributed by atoms with Crippen LogP contribution in [0.25, 0.3) is 0 Å². The quantitative estimate of drug-likeness (QED) is 0.138. The number of hydrogen-bond acceptors (Lipinski definition) is 3. The van der Waals surface area contributed by atoms with Gasteiger partial charge in [0.15, 0.2) is 22.8 Å². The Morgan fingerprint density at radius 3 is 1.11 bits per heavy atom. The van der Waals surface area contributed by atoms with Crippen molar-refractivity contribution in [1.29, 1.82) is 0 Å². The first-order valence-corrected chi connectivity index (χ1v) is 13.3. The summed E-state index contributed by atoms with van der Waals surface area (Å²) in [6.45, 7) is 0. The van der Waals surface area contributed by atoms with Gasteiger partial charge in [0, 0.05) is 35.7 Å². The molecule has 0 aromatic heterocycles. The third-order valence-electron chi connectivity index (χ3n) is 6.53. The molecule has 0 aliphatic carbocycles. The summed E-state index contributed by atoms with van der Waals surface area (Å²) in [7, 11) is 0. The maximum absolute atomic E-state index is 14.4. The molecule has 0 heterocycles. The van der Waals surface area contributed by atoms with Crippen molar-refractivity contribution < 1.29 is 14.3 Å². The average molecular weight is 531 g/mol. The summed E-state index contributed by atoms with van der Waals surface area (Å²) in [4.78, 5) is 28.8. The molecule has 5 heteroatoms. The van der Waals surface area contributed by atoms with E-state index in [1.165, 1.54) is 0 Å². The fraction of sp³-hybridized carbons (Fsp3) is 0.188. The minimum absolute atomic E-state index is 0.138. The SMILES string of the molecule is O=C(c1ccccc1)C(CCCl)(OC(CCCl)(C(=O)c1ccccc1)c1ccccc1)c1ccccc1. The fourth-order valence-electron chi connectivity index (χ4n) is 4.71. The minimum atomic E-state index is -1.54. The molecule has 2 atom stereocenters. The number of halogens is 2. The van der Waals surface area contributed by atoms with E-state index in [-0.39, 0.29) is 36.2 Å². The molecular formula is C32H28Cl2O3. The molecule has 188 valence electrons. The van der Waals surface area contributed by atoms with Crippen LogP contribution in [-0.2, 0) is 15.9 Å². The van der Waals surface area contributed by atoms with Gasteiger partial charge in [-0.1, -0.05) is 121 Å². The number of carbonyl (C=O) groups is 2. The van der Waals surface area contributed by atoms with Crippen molar-refractivity contribution in [1.82, 2.24) is 0 Å². The van der Waals surface area contributed by atoms with Crippen LogP contribution in [-0.4, -0.2) is 23.3 Å².